The average Bonchev–Trinajstić information content (AvgIpc) is 2.64. The molecule has 0 heterocycles. The van der Waals surface area contributed by atoms with Gasteiger partial charge in [-0.05, 0) is 24.3 Å². The van der Waals surface area contributed by atoms with Crippen LogP contribution in [0.25, 0.3) is 0 Å². The van der Waals surface area contributed by atoms with Crippen LogP contribution in [-0.4, -0.2) is 33.0 Å². The van der Waals surface area contributed by atoms with Gasteiger partial charge in [-0.1, -0.05) is 18.2 Å². The van der Waals surface area contributed by atoms with Crippen molar-refractivity contribution in [3.05, 3.63) is 53.6 Å². The minimum Gasteiger partial charge on any atom is -0.497 e. The van der Waals surface area contributed by atoms with Crippen LogP contribution in [0.2, 0.25) is 0 Å². The lowest BCUT2D eigenvalue weighted by Gasteiger charge is -2.11. The van der Waals surface area contributed by atoms with E-state index in [0.717, 1.165) is 5.56 Å². The Morgan fingerprint density at radius 1 is 1.08 bits per heavy atom. The zero-order chi connectivity index (χ0) is 17.4. The molecule has 0 aliphatic carbocycles. The molecule has 0 aliphatic heterocycles. The van der Waals surface area contributed by atoms with Crippen LogP contribution in [0, 0.1) is 0 Å². The van der Waals surface area contributed by atoms with Gasteiger partial charge in [-0.25, -0.2) is 0 Å². The number of hydrogen-bond acceptors (Lipinski definition) is 5. The zero-order valence-corrected chi connectivity index (χ0v) is 13.6. The van der Waals surface area contributed by atoms with Crippen LogP contribution in [-0.2, 0) is 11.3 Å². The van der Waals surface area contributed by atoms with Crippen LogP contribution in [0.4, 0.5) is 0 Å². The number of amides is 1. The van der Waals surface area contributed by atoms with Gasteiger partial charge in [-0.3, -0.25) is 9.59 Å². The molecule has 0 spiro atoms. The molecule has 6 heteroatoms. The number of carbonyl (C=O) groups excluding carboxylic acids is 2. The first-order valence-corrected chi connectivity index (χ1v) is 7.32. The van der Waals surface area contributed by atoms with Crippen molar-refractivity contribution in [2.24, 2.45) is 0 Å². The van der Waals surface area contributed by atoms with E-state index in [1.165, 1.54) is 7.11 Å². The van der Waals surface area contributed by atoms with Crippen LogP contribution in [0.15, 0.2) is 42.5 Å². The Kier molecular flexibility index (Phi) is 6.19. The fourth-order valence-electron chi connectivity index (χ4n) is 2.11. The molecule has 1 amide bonds. The molecule has 0 saturated carbocycles. The summed E-state index contributed by atoms with van der Waals surface area (Å²) in [7, 11) is 3.09. The lowest BCUT2D eigenvalue weighted by molar-refractivity contribution is -0.123. The lowest BCUT2D eigenvalue weighted by Crippen LogP contribution is -2.28. The highest BCUT2D eigenvalue weighted by Crippen LogP contribution is 2.22. The SMILES string of the molecule is COc1ccc(OCC(=O)NCc2ccccc2OC)c(C=O)c1. The first-order chi connectivity index (χ1) is 11.7. The van der Waals surface area contributed by atoms with Crippen molar-refractivity contribution in [3.8, 4) is 17.2 Å². The number of ether oxygens (including phenoxy) is 3. The average molecular weight is 329 g/mol. The largest absolute Gasteiger partial charge is 0.497 e. The summed E-state index contributed by atoms with van der Waals surface area (Å²) in [4.78, 5) is 23.0. The van der Waals surface area contributed by atoms with Gasteiger partial charge in [0.05, 0.1) is 19.8 Å². The summed E-state index contributed by atoms with van der Waals surface area (Å²) in [6.45, 7) is 0.137. The molecule has 0 aromatic heterocycles. The predicted octanol–water partition coefficient (Wildman–Crippen LogP) is 2.21. The number of para-hydroxylation sites is 1. The van der Waals surface area contributed by atoms with E-state index in [1.807, 2.05) is 24.3 Å². The van der Waals surface area contributed by atoms with Gasteiger partial charge in [0.1, 0.15) is 17.2 Å². The molecule has 0 unspecified atom stereocenters. The van der Waals surface area contributed by atoms with Crippen molar-refractivity contribution >= 4 is 12.2 Å². The minimum atomic E-state index is -0.298. The van der Waals surface area contributed by atoms with Crippen molar-refractivity contribution in [2.45, 2.75) is 6.54 Å². The Balaban J connectivity index is 1.90. The molecule has 126 valence electrons. The normalized spacial score (nSPS) is 9.92. The van der Waals surface area contributed by atoms with E-state index in [1.54, 1.807) is 25.3 Å². The number of hydrogen-bond donors (Lipinski definition) is 1. The third-order valence-electron chi connectivity index (χ3n) is 3.37. The molecule has 0 saturated heterocycles. The van der Waals surface area contributed by atoms with Gasteiger partial charge >= 0.3 is 0 Å². The number of aldehydes is 1. The van der Waals surface area contributed by atoms with Crippen molar-refractivity contribution in [1.29, 1.82) is 0 Å². The molecule has 1 N–H and O–H groups in total. The smallest absolute Gasteiger partial charge is 0.258 e. The number of methoxy groups -OCH3 is 2. The Labute approximate surface area is 140 Å². The summed E-state index contributed by atoms with van der Waals surface area (Å²) in [6, 6.07) is 12.2. The summed E-state index contributed by atoms with van der Waals surface area (Å²) in [5.41, 5.74) is 1.19. The summed E-state index contributed by atoms with van der Waals surface area (Å²) in [5.74, 6) is 1.29. The Morgan fingerprint density at radius 3 is 2.58 bits per heavy atom. The predicted molar refractivity (Wildman–Crippen MR) is 88.7 cm³/mol. The topological polar surface area (TPSA) is 73.9 Å². The van der Waals surface area contributed by atoms with Crippen LogP contribution >= 0.6 is 0 Å². The van der Waals surface area contributed by atoms with Gasteiger partial charge in [0.25, 0.3) is 5.91 Å². The second kappa shape index (κ2) is 8.57. The molecule has 0 aliphatic rings. The lowest BCUT2D eigenvalue weighted by atomic mass is 10.2. The van der Waals surface area contributed by atoms with E-state index < -0.39 is 0 Å². The maximum absolute atomic E-state index is 11.9. The van der Waals surface area contributed by atoms with Gasteiger partial charge in [0.2, 0.25) is 0 Å². The third kappa shape index (κ3) is 4.49. The first-order valence-electron chi connectivity index (χ1n) is 7.32. The molecular formula is C18H19NO5. The quantitative estimate of drug-likeness (QED) is 0.752. The van der Waals surface area contributed by atoms with E-state index >= 15 is 0 Å². The molecule has 2 rings (SSSR count). The van der Waals surface area contributed by atoms with Gasteiger partial charge in [0, 0.05) is 12.1 Å². The molecule has 2 aromatic carbocycles. The highest BCUT2D eigenvalue weighted by Gasteiger charge is 2.09. The molecule has 0 bridgehead atoms. The van der Waals surface area contributed by atoms with Crippen molar-refractivity contribution in [2.75, 3.05) is 20.8 Å². The van der Waals surface area contributed by atoms with Crippen molar-refractivity contribution < 1.29 is 23.8 Å². The Morgan fingerprint density at radius 2 is 1.88 bits per heavy atom. The fourth-order valence-corrected chi connectivity index (χ4v) is 2.11. The van der Waals surface area contributed by atoms with E-state index in [2.05, 4.69) is 5.32 Å². The van der Waals surface area contributed by atoms with Crippen LogP contribution < -0.4 is 19.5 Å². The summed E-state index contributed by atoms with van der Waals surface area (Å²) >= 11 is 0. The fraction of sp³-hybridized carbons (Fsp3) is 0.222. The first kappa shape index (κ1) is 17.3. The van der Waals surface area contributed by atoms with Gasteiger partial charge in [-0.15, -0.1) is 0 Å². The zero-order valence-electron chi connectivity index (χ0n) is 13.6. The minimum absolute atomic E-state index is 0.192. The van der Waals surface area contributed by atoms with E-state index in [9.17, 15) is 9.59 Å². The maximum atomic E-state index is 11.9. The number of nitrogens with one attached hydrogen (secondary N) is 1. The summed E-state index contributed by atoms with van der Waals surface area (Å²) in [5, 5.41) is 2.75. The second-order valence-corrected chi connectivity index (χ2v) is 4.90. The third-order valence-corrected chi connectivity index (χ3v) is 3.37. The van der Waals surface area contributed by atoms with Crippen LogP contribution in [0.5, 0.6) is 17.2 Å². The van der Waals surface area contributed by atoms with Crippen LogP contribution in [0.1, 0.15) is 15.9 Å². The maximum Gasteiger partial charge on any atom is 0.258 e. The van der Waals surface area contributed by atoms with Gasteiger partial charge in [0.15, 0.2) is 12.9 Å². The molecule has 24 heavy (non-hydrogen) atoms. The summed E-state index contributed by atoms with van der Waals surface area (Å²) in [6.07, 6.45) is 0.657. The van der Waals surface area contributed by atoms with E-state index in [4.69, 9.17) is 14.2 Å². The molecule has 2 aromatic rings. The van der Waals surface area contributed by atoms with Crippen LogP contribution in [0.3, 0.4) is 0 Å². The molecule has 0 radical (unpaired) electrons. The monoisotopic (exact) mass is 329 g/mol. The second-order valence-electron chi connectivity index (χ2n) is 4.90. The summed E-state index contributed by atoms with van der Waals surface area (Å²) < 4.78 is 15.7. The highest BCUT2D eigenvalue weighted by molar-refractivity contribution is 5.81. The van der Waals surface area contributed by atoms with Crippen molar-refractivity contribution in [3.63, 3.8) is 0 Å². The molecular weight excluding hydrogens is 310 g/mol. The van der Waals surface area contributed by atoms with E-state index in [0.29, 0.717) is 35.6 Å². The molecule has 0 atom stereocenters. The number of carbonyl (C=O) groups is 2. The number of rotatable bonds is 8. The number of benzene rings is 2. The van der Waals surface area contributed by atoms with E-state index in [-0.39, 0.29) is 12.5 Å². The highest BCUT2D eigenvalue weighted by atomic mass is 16.5. The molecule has 0 fully saturated rings. The molecule has 6 nitrogen and oxygen atoms in total. The standard InChI is InChI=1S/C18H19NO5/c1-22-15-7-8-17(14(9-15)11-20)24-12-18(21)19-10-13-5-3-4-6-16(13)23-2/h3-9,11H,10,12H2,1-2H3,(H,19,21). The van der Waals surface area contributed by atoms with Gasteiger partial charge in [-0.2, -0.15) is 0 Å². The Bertz CT molecular complexity index is 714. The van der Waals surface area contributed by atoms with Crippen molar-refractivity contribution in [1.82, 2.24) is 5.32 Å². The Hall–Kier alpha value is -3.02. The van der Waals surface area contributed by atoms with Gasteiger partial charge < -0.3 is 19.5 Å².